The Morgan fingerprint density at radius 3 is 2.31 bits per heavy atom. The molecular formula is C28H28N2O5. The maximum atomic E-state index is 13.7. The van der Waals surface area contributed by atoms with E-state index in [1.165, 1.54) is 4.90 Å². The molecule has 2 heterocycles. The van der Waals surface area contributed by atoms with Gasteiger partial charge in [0.2, 0.25) is 5.91 Å². The lowest BCUT2D eigenvalue weighted by molar-refractivity contribution is -0.126. The average molecular weight is 473 g/mol. The van der Waals surface area contributed by atoms with Crippen molar-refractivity contribution in [3.8, 4) is 11.5 Å². The highest BCUT2D eigenvalue weighted by molar-refractivity contribution is 6.23. The number of carbonyl (C=O) groups excluding carboxylic acids is 2. The van der Waals surface area contributed by atoms with E-state index in [0.717, 1.165) is 23.2 Å². The van der Waals surface area contributed by atoms with Gasteiger partial charge in [-0.1, -0.05) is 48.9 Å². The molecule has 3 aromatic carbocycles. The molecule has 0 aromatic heterocycles. The summed E-state index contributed by atoms with van der Waals surface area (Å²) in [6, 6.07) is 22.0. The number of amides is 2. The van der Waals surface area contributed by atoms with E-state index < -0.39 is 18.1 Å². The molecule has 0 spiro atoms. The molecule has 3 atom stereocenters. The van der Waals surface area contributed by atoms with E-state index in [2.05, 4.69) is 0 Å². The first-order valence-electron chi connectivity index (χ1n) is 11.8. The molecule has 2 saturated heterocycles. The Balaban J connectivity index is 1.57. The first-order chi connectivity index (χ1) is 17.0. The molecule has 0 aliphatic carbocycles. The van der Waals surface area contributed by atoms with Crippen molar-refractivity contribution < 1.29 is 23.9 Å². The molecule has 180 valence electrons. The fourth-order valence-corrected chi connectivity index (χ4v) is 4.70. The molecule has 2 aliphatic heterocycles. The Morgan fingerprint density at radius 1 is 0.886 bits per heavy atom. The normalized spacial score (nSPS) is 21.4. The summed E-state index contributed by atoms with van der Waals surface area (Å²) in [6.07, 6.45) is -0.0470. The molecule has 7 nitrogen and oxygen atoms in total. The van der Waals surface area contributed by atoms with Crippen LogP contribution in [0.4, 0.5) is 11.4 Å². The Hall–Kier alpha value is -3.84. The predicted octanol–water partition coefficient (Wildman–Crippen LogP) is 4.84. The van der Waals surface area contributed by atoms with Gasteiger partial charge in [0.1, 0.15) is 5.92 Å². The van der Waals surface area contributed by atoms with Crippen molar-refractivity contribution in [1.29, 1.82) is 0 Å². The third-order valence-corrected chi connectivity index (χ3v) is 6.41. The van der Waals surface area contributed by atoms with Crippen LogP contribution in [0.15, 0.2) is 72.8 Å². The number of nitrogens with zero attached hydrogens (tertiary/aromatic N) is 2. The van der Waals surface area contributed by atoms with Gasteiger partial charge in [-0.05, 0) is 55.3 Å². The Bertz CT molecular complexity index is 1230. The molecule has 2 fully saturated rings. The van der Waals surface area contributed by atoms with Crippen molar-refractivity contribution >= 4 is 23.2 Å². The van der Waals surface area contributed by atoms with Crippen molar-refractivity contribution in [3.63, 3.8) is 0 Å². The first-order valence-corrected chi connectivity index (χ1v) is 11.8. The van der Waals surface area contributed by atoms with Crippen LogP contribution in [0.1, 0.15) is 30.5 Å². The van der Waals surface area contributed by atoms with Crippen LogP contribution in [0.3, 0.4) is 0 Å². The van der Waals surface area contributed by atoms with E-state index in [-0.39, 0.29) is 11.8 Å². The summed E-state index contributed by atoms with van der Waals surface area (Å²) >= 11 is 0. The van der Waals surface area contributed by atoms with Crippen molar-refractivity contribution in [2.75, 3.05) is 23.7 Å². The minimum atomic E-state index is -0.920. The number of hydrogen-bond donors (Lipinski definition) is 0. The van der Waals surface area contributed by atoms with E-state index in [0.29, 0.717) is 23.8 Å². The van der Waals surface area contributed by atoms with E-state index in [1.807, 2.05) is 74.5 Å². The minimum absolute atomic E-state index is 0.280. The lowest BCUT2D eigenvalue weighted by Gasteiger charge is -2.29. The molecule has 0 saturated carbocycles. The van der Waals surface area contributed by atoms with Gasteiger partial charge in [-0.25, -0.2) is 9.96 Å². The number of methoxy groups -OCH3 is 1. The number of hydroxylamine groups is 1. The number of hydrogen-bond acceptors (Lipinski definition) is 6. The Kier molecular flexibility index (Phi) is 6.17. The van der Waals surface area contributed by atoms with Gasteiger partial charge in [0, 0.05) is 0 Å². The molecule has 0 unspecified atom stereocenters. The van der Waals surface area contributed by atoms with Crippen LogP contribution in [-0.4, -0.2) is 31.6 Å². The second-order valence-corrected chi connectivity index (χ2v) is 8.76. The molecule has 2 aliphatic rings. The maximum Gasteiger partial charge on any atom is 0.266 e. The number of imide groups is 1. The van der Waals surface area contributed by atoms with Crippen LogP contribution in [0.5, 0.6) is 11.5 Å². The fraction of sp³-hybridized carbons (Fsp3) is 0.286. The molecule has 7 heteroatoms. The summed E-state index contributed by atoms with van der Waals surface area (Å²) in [5.74, 6) is -0.148. The molecule has 5 rings (SSSR count). The number of anilines is 2. The molecule has 35 heavy (non-hydrogen) atoms. The first kappa shape index (κ1) is 22.9. The molecule has 3 aromatic rings. The predicted molar refractivity (Wildman–Crippen MR) is 132 cm³/mol. The summed E-state index contributed by atoms with van der Waals surface area (Å²) < 4.78 is 11.4. The van der Waals surface area contributed by atoms with Gasteiger partial charge in [0.25, 0.3) is 5.91 Å². The molecular weight excluding hydrogens is 444 g/mol. The summed E-state index contributed by atoms with van der Waals surface area (Å²) in [5, 5.41) is 1.68. The van der Waals surface area contributed by atoms with Crippen LogP contribution in [0.2, 0.25) is 0 Å². The SMILES string of the molecule is CCCOc1ccc([C@@H]2[C@H]3C(=O)N(c4ccc(C)cc4)C(=O)[C@H]3ON2c2ccccc2)cc1OC. The van der Waals surface area contributed by atoms with Gasteiger partial charge >= 0.3 is 0 Å². The topological polar surface area (TPSA) is 68.3 Å². The minimum Gasteiger partial charge on any atom is -0.493 e. The second-order valence-electron chi connectivity index (χ2n) is 8.76. The quantitative estimate of drug-likeness (QED) is 0.458. The fourth-order valence-electron chi connectivity index (χ4n) is 4.70. The largest absolute Gasteiger partial charge is 0.493 e. The average Bonchev–Trinajstić information content (AvgIpc) is 3.39. The molecule has 0 radical (unpaired) electrons. The highest BCUT2D eigenvalue weighted by Gasteiger charge is 2.60. The smallest absolute Gasteiger partial charge is 0.266 e. The number of aryl methyl sites for hydroxylation is 1. The van der Waals surface area contributed by atoms with Gasteiger partial charge in [-0.3, -0.25) is 14.4 Å². The van der Waals surface area contributed by atoms with E-state index in [4.69, 9.17) is 14.3 Å². The van der Waals surface area contributed by atoms with Crippen molar-refractivity contribution in [2.45, 2.75) is 32.4 Å². The van der Waals surface area contributed by atoms with Gasteiger partial charge < -0.3 is 9.47 Å². The Morgan fingerprint density at radius 2 is 1.63 bits per heavy atom. The zero-order chi connectivity index (χ0) is 24.5. The lowest BCUT2D eigenvalue weighted by atomic mass is 9.90. The van der Waals surface area contributed by atoms with Gasteiger partial charge in [-0.15, -0.1) is 0 Å². The highest BCUT2D eigenvalue weighted by atomic mass is 16.7. The monoisotopic (exact) mass is 472 g/mol. The number of carbonyl (C=O) groups is 2. The standard InChI is InChI=1S/C28H28N2O5/c1-4-16-34-22-15-12-19(17-23(22)33-3)25-24-26(35-30(25)21-8-6-5-7-9-21)28(32)29(27(24)31)20-13-10-18(2)11-14-20/h5-15,17,24-26H,4,16H2,1-3H3/t24-,25-,26+/m1/s1. The number of benzene rings is 3. The Labute approximate surface area is 204 Å². The zero-order valence-electron chi connectivity index (χ0n) is 20.0. The lowest BCUT2D eigenvalue weighted by Crippen LogP contribution is -2.37. The van der Waals surface area contributed by atoms with Crippen LogP contribution >= 0.6 is 0 Å². The third kappa shape index (κ3) is 4.02. The number of fused-ring (bicyclic) bond motifs is 1. The van der Waals surface area contributed by atoms with Crippen LogP contribution in [-0.2, 0) is 14.4 Å². The number of para-hydroxylation sites is 1. The van der Waals surface area contributed by atoms with E-state index >= 15 is 0 Å². The number of ether oxygens (including phenoxy) is 2. The summed E-state index contributed by atoms with van der Waals surface area (Å²) in [5.41, 5.74) is 3.16. The van der Waals surface area contributed by atoms with Crippen molar-refractivity contribution in [3.05, 3.63) is 83.9 Å². The van der Waals surface area contributed by atoms with Gasteiger partial charge in [0.05, 0.1) is 31.1 Å². The summed E-state index contributed by atoms with van der Waals surface area (Å²) in [6.45, 7) is 4.57. The summed E-state index contributed by atoms with van der Waals surface area (Å²) in [4.78, 5) is 34.7. The van der Waals surface area contributed by atoms with Crippen LogP contribution in [0.25, 0.3) is 0 Å². The van der Waals surface area contributed by atoms with E-state index in [1.54, 1.807) is 24.3 Å². The van der Waals surface area contributed by atoms with Crippen LogP contribution < -0.4 is 19.4 Å². The molecule has 0 bridgehead atoms. The zero-order valence-corrected chi connectivity index (χ0v) is 20.0. The molecule has 2 amide bonds. The number of rotatable bonds is 7. The van der Waals surface area contributed by atoms with E-state index in [9.17, 15) is 9.59 Å². The van der Waals surface area contributed by atoms with Gasteiger partial charge in [0.15, 0.2) is 17.6 Å². The van der Waals surface area contributed by atoms with Crippen LogP contribution in [0, 0.1) is 12.8 Å². The van der Waals surface area contributed by atoms with Crippen molar-refractivity contribution in [2.24, 2.45) is 5.92 Å². The summed E-state index contributed by atoms with van der Waals surface area (Å²) in [7, 11) is 1.59. The highest BCUT2D eigenvalue weighted by Crippen LogP contribution is 2.48. The van der Waals surface area contributed by atoms with Crippen molar-refractivity contribution in [1.82, 2.24) is 0 Å². The van der Waals surface area contributed by atoms with Gasteiger partial charge in [-0.2, -0.15) is 0 Å². The molecule has 0 N–H and O–H groups in total. The maximum absolute atomic E-state index is 13.7. The third-order valence-electron chi connectivity index (χ3n) is 6.41. The second kappa shape index (κ2) is 9.43.